The van der Waals surface area contributed by atoms with Crippen molar-refractivity contribution in [2.75, 3.05) is 12.0 Å². The zero-order chi connectivity index (χ0) is 20.2. The van der Waals surface area contributed by atoms with Crippen LogP contribution in [0, 0.1) is 0 Å². The molecule has 2 aromatic carbocycles. The van der Waals surface area contributed by atoms with Crippen molar-refractivity contribution in [1.82, 2.24) is 25.5 Å². The van der Waals surface area contributed by atoms with Gasteiger partial charge in [-0.25, -0.2) is 10.1 Å². The number of imidazole rings is 1. The molecule has 29 heavy (non-hydrogen) atoms. The third-order valence-electron chi connectivity index (χ3n) is 4.79. The minimum atomic E-state index is -0.259. The van der Waals surface area contributed by atoms with Gasteiger partial charge in [0.25, 0.3) is 5.56 Å². The molecule has 3 N–H and O–H groups in total. The maximum Gasteiger partial charge on any atom is 0.272 e. The summed E-state index contributed by atoms with van der Waals surface area (Å²) in [5.41, 5.74) is 2.11. The van der Waals surface area contributed by atoms with Gasteiger partial charge in [-0.2, -0.15) is 16.9 Å². The molecule has 7 nitrogen and oxygen atoms in total. The van der Waals surface area contributed by atoms with Crippen LogP contribution in [0.2, 0.25) is 0 Å². The molecule has 0 saturated heterocycles. The summed E-state index contributed by atoms with van der Waals surface area (Å²) in [7, 11) is 0. The van der Waals surface area contributed by atoms with Gasteiger partial charge in [0.2, 0.25) is 5.91 Å². The Morgan fingerprint density at radius 3 is 2.69 bits per heavy atom. The standard InChI is InChI=1S/C21H21N5O2S/c1-29-11-10-17(20-23-15-8-4-5-9-16(15)24-20)22-19(27)12-18-13-6-2-3-7-14(13)21(28)26-25-18/h2-9,17H,10-12H2,1H3,(H,22,27)(H,23,24)(H,26,28)/t17-/m0/s1. The van der Waals surface area contributed by atoms with Gasteiger partial charge in [0.1, 0.15) is 5.82 Å². The third kappa shape index (κ3) is 4.17. The minimum absolute atomic E-state index is 0.0767. The number of aromatic amines is 2. The van der Waals surface area contributed by atoms with Gasteiger partial charge in [0.15, 0.2) is 0 Å². The lowest BCUT2D eigenvalue weighted by atomic mass is 10.1. The summed E-state index contributed by atoms with van der Waals surface area (Å²) >= 11 is 1.72. The normalized spacial score (nSPS) is 12.3. The van der Waals surface area contributed by atoms with Crippen LogP contribution in [0.4, 0.5) is 0 Å². The fraction of sp³-hybridized carbons (Fsp3) is 0.238. The molecule has 0 aliphatic carbocycles. The lowest BCUT2D eigenvalue weighted by Gasteiger charge is -2.16. The van der Waals surface area contributed by atoms with Crippen molar-refractivity contribution in [3.63, 3.8) is 0 Å². The number of H-pyrrole nitrogens is 2. The molecular weight excluding hydrogens is 386 g/mol. The Labute approximate surface area is 171 Å². The van der Waals surface area contributed by atoms with Crippen molar-refractivity contribution in [2.24, 2.45) is 0 Å². The van der Waals surface area contributed by atoms with E-state index in [1.165, 1.54) is 0 Å². The van der Waals surface area contributed by atoms with E-state index in [0.29, 0.717) is 16.5 Å². The number of fused-ring (bicyclic) bond motifs is 2. The predicted octanol–water partition coefficient (Wildman–Crippen LogP) is 2.95. The van der Waals surface area contributed by atoms with Crippen LogP contribution in [0.3, 0.4) is 0 Å². The molecule has 0 fully saturated rings. The van der Waals surface area contributed by atoms with Crippen LogP contribution in [0.15, 0.2) is 53.3 Å². The van der Waals surface area contributed by atoms with Crippen molar-refractivity contribution in [3.05, 3.63) is 70.4 Å². The number of aromatic nitrogens is 4. The van der Waals surface area contributed by atoms with Crippen LogP contribution in [0.25, 0.3) is 21.8 Å². The van der Waals surface area contributed by atoms with E-state index in [1.807, 2.05) is 42.7 Å². The zero-order valence-corrected chi connectivity index (χ0v) is 16.8. The quantitative estimate of drug-likeness (QED) is 0.437. The molecule has 0 aliphatic rings. The van der Waals surface area contributed by atoms with Gasteiger partial charge in [-0.05, 0) is 36.6 Å². The molecule has 0 spiro atoms. The first-order valence-electron chi connectivity index (χ1n) is 9.35. The second-order valence-electron chi connectivity index (χ2n) is 6.76. The molecule has 4 aromatic rings. The smallest absolute Gasteiger partial charge is 0.272 e. The van der Waals surface area contributed by atoms with Gasteiger partial charge in [0.05, 0.1) is 34.6 Å². The summed E-state index contributed by atoms with van der Waals surface area (Å²) in [4.78, 5) is 32.7. The third-order valence-corrected chi connectivity index (χ3v) is 5.43. The van der Waals surface area contributed by atoms with Crippen molar-refractivity contribution in [1.29, 1.82) is 0 Å². The first kappa shape index (κ1) is 19.2. The second-order valence-corrected chi connectivity index (χ2v) is 7.75. The van der Waals surface area contributed by atoms with E-state index in [4.69, 9.17) is 0 Å². The molecule has 0 saturated carbocycles. The number of benzene rings is 2. The topological polar surface area (TPSA) is 104 Å². The van der Waals surface area contributed by atoms with E-state index in [0.717, 1.165) is 29.0 Å². The first-order chi connectivity index (χ1) is 14.2. The number of nitrogens with zero attached hydrogens (tertiary/aromatic N) is 2. The zero-order valence-electron chi connectivity index (χ0n) is 15.9. The molecule has 8 heteroatoms. The lowest BCUT2D eigenvalue weighted by Crippen LogP contribution is -2.31. The average molecular weight is 407 g/mol. The SMILES string of the molecule is CSCC[C@H](NC(=O)Cc1n[nH]c(=O)c2ccccc12)c1nc2ccccc2[nH]1. The van der Waals surface area contributed by atoms with Gasteiger partial charge < -0.3 is 10.3 Å². The van der Waals surface area contributed by atoms with E-state index < -0.39 is 0 Å². The summed E-state index contributed by atoms with van der Waals surface area (Å²) in [5.74, 6) is 1.47. The molecule has 0 radical (unpaired) electrons. The van der Waals surface area contributed by atoms with Gasteiger partial charge in [-0.3, -0.25) is 9.59 Å². The number of para-hydroxylation sites is 2. The number of rotatable bonds is 7. The number of hydrogen-bond donors (Lipinski definition) is 3. The number of nitrogens with one attached hydrogen (secondary N) is 3. The molecule has 1 amide bonds. The number of carbonyl (C=O) groups excluding carboxylic acids is 1. The van der Waals surface area contributed by atoms with Gasteiger partial charge in [-0.15, -0.1) is 0 Å². The maximum atomic E-state index is 12.8. The molecule has 0 unspecified atom stereocenters. The van der Waals surface area contributed by atoms with Gasteiger partial charge in [-0.1, -0.05) is 30.3 Å². The lowest BCUT2D eigenvalue weighted by molar-refractivity contribution is -0.121. The Hall–Kier alpha value is -3.13. The highest BCUT2D eigenvalue weighted by Crippen LogP contribution is 2.20. The van der Waals surface area contributed by atoms with Crippen LogP contribution >= 0.6 is 11.8 Å². The van der Waals surface area contributed by atoms with Crippen molar-refractivity contribution < 1.29 is 4.79 Å². The van der Waals surface area contributed by atoms with Crippen molar-refractivity contribution in [3.8, 4) is 0 Å². The molecule has 4 rings (SSSR count). The molecule has 0 aliphatic heterocycles. The second kappa shape index (κ2) is 8.48. The Balaban J connectivity index is 1.57. The molecule has 2 heterocycles. The summed E-state index contributed by atoms with van der Waals surface area (Å²) in [6.45, 7) is 0. The largest absolute Gasteiger partial charge is 0.346 e. The van der Waals surface area contributed by atoms with Crippen LogP contribution < -0.4 is 10.9 Å². The molecule has 2 aromatic heterocycles. The predicted molar refractivity (Wildman–Crippen MR) is 116 cm³/mol. The van der Waals surface area contributed by atoms with Crippen LogP contribution in [0.5, 0.6) is 0 Å². The number of hydrogen-bond acceptors (Lipinski definition) is 5. The monoisotopic (exact) mass is 407 g/mol. The summed E-state index contributed by atoms with van der Waals surface area (Å²) in [6.07, 6.45) is 2.87. The fourth-order valence-corrected chi connectivity index (χ4v) is 3.83. The van der Waals surface area contributed by atoms with Crippen molar-refractivity contribution in [2.45, 2.75) is 18.9 Å². The Bertz CT molecular complexity index is 1180. The van der Waals surface area contributed by atoms with E-state index in [-0.39, 0.29) is 23.9 Å². The van der Waals surface area contributed by atoms with Gasteiger partial charge >= 0.3 is 0 Å². The summed E-state index contributed by atoms with van der Waals surface area (Å²) < 4.78 is 0. The molecule has 148 valence electrons. The Morgan fingerprint density at radius 2 is 1.90 bits per heavy atom. The van der Waals surface area contributed by atoms with E-state index in [1.54, 1.807) is 23.9 Å². The van der Waals surface area contributed by atoms with E-state index in [2.05, 4.69) is 25.5 Å². The highest BCUT2D eigenvalue weighted by atomic mass is 32.2. The van der Waals surface area contributed by atoms with Crippen LogP contribution in [-0.4, -0.2) is 38.1 Å². The first-order valence-corrected chi connectivity index (χ1v) is 10.7. The van der Waals surface area contributed by atoms with Crippen LogP contribution in [0.1, 0.15) is 24.0 Å². The average Bonchev–Trinajstić information content (AvgIpc) is 3.17. The minimum Gasteiger partial charge on any atom is -0.346 e. The van der Waals surface area contributed by atoms with Gasteiger partial charge in [0, 0.05) is 5.39 Å². The molecule has 1 atom stereocenters. The number of amides is 1. The fourth-order valence-electron chi connectivity index (χ4n) is 3.35. The number of carbonyl (C=O) groups is 1. The van der Waals surface area contributed by atoms with Crippen molar-refractivity contribution >= 4 is 39.5 Å². The Morgan fingerprint density at radius 1 is 1.14 bits per heavy atom. The van der Waals surface area contributed by atoms with Crippen LogP contribution in [-0.2, 0) is 11.2 Å². The summed E-state index contributed by atoms with van der Waals surface area (Å²) in [6, 6.07) is 14.7. The molecule has 0 bridgehead atoms. The highest BCUT2D eigenvalue weighted by Gasteiger charge is 2.19. The van der Waals surface area contributed by atoms with E-state index in [9.17, 15) is 9.59 Å². The Kier molecular flexibility index (Phi) is 5.62. The number of thioether (sulfide) groups is 1. The van der Waals surface area contributed by atoms with E-state index >= 15 is 0 Å². The summed E-state index contributed by atoms with van der Waals surface area (Å²) in [5, 5.41) is 10.9. The maximum absolute atomic E-state index is 12.8. The molecular formula is C21H21N5O2S. The highest BCUT2D eigenvalue weighted by molar-refractivity contribution is 7.98.